The molecule has 34 heavy (non-hydrogen) atoms. The molecular formula is C24H38F2N4O3S. The lowest BCUT2D eigenvalue weighted by molar-refractivity contribution is -0.159. The van der Waals surface area contributed by atoms with Gasteiger partial charge in [0.05, 0.1) is 12.3 Å². The van der Waals surface area contributed by atoms with Crippen LogP contribution < -0.4 is 20.1 Å². The van der Waals surface area contributed by atoms with E-state index in [2.05, 4.69) is 20.1 Å². The van der Waals surface area contributed by atoms with Gasteiger partial charge in [0, 0.05) is 36.1 Å². The summed E-state index contributed by atoms with van der Waals surface area (Å²) in [6, 6.07) is 0.533. The molecule has 2 saturated carbocycles. The topological polar surface area (TPSA) is 83.7 Å². The fourth-order valence-corrected chi connectivity index (χ4v) is 6.59. The number of carbonyl (C=O) groups is 1. The summed E-state index contributed by atoms with van der Waals surface area (Å²) in [5, 5.41) is 6.34. The van der Waals surface area contributed by atoms with Crippen LogP contribution in [0.2, 0.25) is 0 Å². The van der Waals surface area contributed by atoms with Gasteiger partial charge in [0.15, 0.2) is 0 Å². The van der Waals surface area contributed by atoms with Gasteiger partial charge in [-0.25, -0.2) is 23.0 Å². The van der Waals surface area contributed by atoms with Gasteiger partial charge in [-0.1, -0.05) is 5.57 Å². The number of carbonyl (C=O) groups excluding carboxylic acids is 1. The Morgan fingerprint density at radius 1 is 1.09 bits per heavy atom. The summed E-state index contributed by atoms with van der Waals surface area (Å²) < 4.78 is 47.8. The monoisotopic (exact) mass is 500 g/mol. The van der Waals surface area contributed by atoms with Crippen LogP contribution in [0.5, 0.6) is 0 Å². The van der Waals surface area contributed by atoms with Crippen molar-refractivity contribution in [2.75, 3.05) is 13.1 Å². The number of nitrogens with one attached hydrogen (secondary N) is 4. The molecule has 2 saturated heterocycles. The lowest BCUT2D eigenvalue weighted by Gasteiger charge is -2.42. The van der Waals surface area contributed by atoms with Crippen molar-refractivity contribution >= 4 is 18.1 Å². The lowest BCUT2D eigenvalue weighted by atomic mass is 9.75. The van der Waals surface area contributed by atoms with E-state index in [9.17, 15) is 9.18 Å². The number of piperidine rings is 2. The molecular weight excluding hydrogens is 462 g/mol. The van der Waals surface area contributed by atoms with Gasteiger partial charge < -0.3 is 9.47 Å². The third kappa shape index (κ3) is 5.78. The van der Waals surface area contributed by atoms with Crippen LogP contribution in [-0.4, -0.2) is 62.0 Å². The first-order chi connectivity index (χ1) is 16.5. The summed E-state index contributed by atoms with van der Waals surface area (Å²) in [6.45, 7) is 3.49. The second-order valence-corrected chi connectivity index (χ2v) is 11.2. The fraction of sp³-hybridized carbons (Fsp3) is 0.875. The molecule has 3 heterocycles. The molecule has 0 spiro atoms. The summed E-state index contributed by atoms with van der Waals surface area (Å²) in [6.07, 6.45) is 3.56. The summed E-state index contributed by atoms with van der Waals surface area (Å²) in [7, 11) is 0. The predicted molar refractivity (Wildman–Crippen MR) is 127 cm³/mol. The zero-order valence-electron chi connectivity index (χ0n) is 19.9. The standard InChI is InChI=1S/C24H38F2N4O3S/c1-13-17-7-6-16(32-23-19(25)3-2-9-28-23)12-20(17)33-24(31)18(13)11-14-8-10-27-22(21(14)26)30-34-29-15-4-5-15/h14-17,19-23,27-30H,2-12H2,1H3. The normalized spacial score (nSPS) is 41.2. The number of hydrogen-bond acceptors (Lipinski definition) is 8. The number of halogens is 2. The van der Waals surface area contributed by atoms with Crippen LogP contribution in [0.25, 0.3) is 0 Å². The highest BCUT2D eigenvalue weighted by atomic mass is 32.2. The molecule has 2 aliphatic carbocycles. The van der Waals surface area contributed by atoms with E-state index in [1.54, 1.807) is 0 Å². The maximum Gasteiger partial charge on any atom is 0.334 e. The van der Waals surface area contributed by atoms with Crippen LogP contribution in [0.1, 0.15) is 64.7 Å². The Hall–Kier alpha value is -0.780. The second kappa shape index (κ2) is 11.1. The quantitative estimate of drug-likeness (QED) is 0.299. The van der Waals surface area contributed by atoms with E-state index in [0.29, 0.717) is 43.8 Å². The minimum absolute atomic E-state index is 0.120. The number of alkyl halides is 2. The van der Waals surface area contributed by atoms with E-state index in [4.69, 9.17) is 9.47 Å². The molecule has 4 fully saturated rings. The van der Waals surface area contributed by atoms with Crippen molar-refractivity contribution < 1.29 is 23.0 Å². The average Bonchev–Trinajstić information content (AvgIpc) is 3.64. The Morgan fingerprint density at radius 2 is 1.94 bits per heavy atom. The molecule has 8 unspecified atom stereocenters. The van der Waals surface area contributed by atoms with Gasteiger partial charge in [-0.05, 0) is 77.3 Å². The van der Waals surface area contributed by atoms with Crippen molar-refractivity contribution in [1.29, 1.82) is 0 Å². The molecule has 10 heteroatoms. The first-order valence-electron chi connectivity index (χ1n) is 13.0. The van der Waals surface area contributed by atoms with E-state index in [1.807, 2.05) is 6.92 Å². The van der Waals surface area contributed by atoms with Crippen molar-refractivity contribution in [3.8, 4) is 0 Å². The van der Waals surface area contributed by atoms with E-state index < -0.39 is 24.7 Å². The molecule has 0 aromatic rings. The van der Waals surface area contributed by atoms with E-state index >= 15 is 4.39 Å². The molecule has 5 aliphatic rings. The van der Waals surface area contributed by atoms with Crippen LogP contribution in [0, 0.1) is 11.8 Å². The van der Waals surface area contributed by atoms with Gasteiger partial charge in [0.25, 0.3) is 0 Å². The molecule has 192 valence electrons. The number of ether oxygens (including phenoxy) is 2. The molecule has 5 rings (SSSR count). The summed E-state index contributed by atoms with van der Waals surface area (Å²) in [5.74, 6) is -0.411. The molecule has 0 amide bonds. The molecule has 0 aromatic carbocycles. The van der Waals surface area contributed by atoms with Gasteiger partial charge >= 0.3 is 5.97 Å². The van der Waals surface area contributed by atoms with Crippen molar-refractivity contribution in [2.24, 2.45) is 11.8 Å². The third-order valence-corrected chi connectivity index (χ3v) is 8.88. The van der Waals surface area contributed by atoms with Gasteiger partial charge in [-0.2, -0.15) is 0 Å². The van der Waals surface area contributed by atoms with Gasteiger partial charge in [0.1, 0.15) is 24.7 Å². The number of esters is 1. The fourth-order valence-electron chi connectivity index (χ4n) is 5.77. The largest absolute Gasteiger partial charge is 0.458 e. The Morgan fingerprint density at radius 3 is 2.74 bits per heavy atom. The summed E-state index contributed by atoms with van der Waals surface area (Å²) in [5.41, 5.74) is 1.69. The second-order valence-electron chi connectivity index (χ2n) is 10.6. The smallest absolute Gasteiger partial charge is 0.334 e. The first kappa shape index (κ1) is 24.9. The van der Waals surface area contributed by atoms with Crippen LogP contribution >= 0.6 is 12.1 Å². The average molecular weight is 501 g/mol. The molecule has 3 aliphatic heterocycles. The first-order valence-corrected chi connectivity index (χ1v) is 13.8. The van der Waals surface area contributed by atoms with Crippen molar-refractivity contribution in [1.82, 2.24) is 20.1 Å². The number of rotatable bonds is 8. The maximum absolute atomic E-state index is 15.3. The molecule has 0 aromatic heterocycles. The molecule has 7 nitrogen and oxygen atoms in total. The zero-order chi connectivity index (χ0) is 23.7. The highest BCUT2D eigenvalue weighted by Crippen LogP contribution is 2.41. The highest BCUT2D eigenvalue weighted by Gasteiger charge is 2.43. The number of fused-ring (bicyclic) bond motifs is 1. The van der Waals surface area contributed by atoms with E-state index in [-0.39, 0.29) is 30.0 Å². The van der Waals surface area contributed by atoms with Gasteiger partial charge in [0.2, 0.25) is 0 Å². The Kier molecular flexibility index (Phi) is 8.12. The Bertz CT molecular complexity index is 771. The minimum atomic E-state index is -1.09. The third-order valence-electron chi connectivity index (χ3n) is 8.05. The Balaban J connectivity index is 1.17. The van der Waals surface area contributed by atoms with E-state index in [0.717, 1.165) is 31.4 Å². The van der Waals surface area contributed by atoms with Gasteiger partial charge in [-0.3, -0.25) is 10.6 Å². The van der Waals surface area contributed by atoms with Crippen molar-refractivity contribution in [3.05, 3.63) is 11.1 Å². The van der Waals surface area contributed by atoms with Crippen LogP contribution in [0.4, 0.5) is 8.78 Å². The molecule has 0 bridgehead atoms. The van der Waals surface area contributed by atoms with Crippen LogP contribution in [-0.2, 0) is 14.3 Å². The lowest BCUT2D eigenvalue weighted by Crippen LogP contribution is -2.54. The summed E-state index contributed by atoms with van der Waals surface area (Å²) >= 11 is 1.36. The molecule has 8 atom stereocenters. The van der Waals surface area contributed by atoms with E-state index in [1.165, 1.54) is 25.0 Å². The molecule has 4 N–H and O–H groups in total. The SMILES string of the molecule is CC1=C(CC2CCNC(NSNC3CC3)C2F)C(=O)OC2CC(OC3NCCCC3F)CCC12. The van der Waals surface area contributed by atoms with Crippen LogP contribution in [0.3, 0.4) is 0 Å². The summed E-state index contributed by atoms with van der Waals surface area (Å²) in [4.78, 5) is 13.0. The zero-order valence-corrected chi connectivity index (χ0v) is 20.7. The minimum Gasteiger partial charge on any atom is -0.458 e. The van der Waals surface area contributed by atoms with Crippen molar-refractivity contribution in [3.63, 3.8) is 0 Å². The van der Waals surface area contributed by atoms with Crippen molar-refractivity contribution in [2.45, 2.75) is 108 Å². The van der Waals surface area contributed by atoms with Gasteiger partial charge in [-0.15, -0.1) is 0 Å². The highest BCUT2D eigenvalue weighted by molar-refractivity contribution is 7.95. The number of hydrogen-bond donors (Lipinski definition) is 4. The maximum atomic E-state index is 15.3. The predicted octanol–water partition coefficient (Wildman–Crippen LogP) is 3.03. The Labute approximate surface area is 205 Å². The van der Waals surface area contributed by atoms with Crippen LogP contribution in [0.15, 0.2) is 11.1 Å². The molecule has 0 radical (unpaired) electrons.